The molecule has 1 aromatic heterocycles. The zero-order chi connectivity index (χ0) is 11.5. The first kappa shape index (κ1) is 11.3. The molecule has 16 heavy (non-hydrogen) atoms. The Morgan fingerprint density at radius 1 is 1.38 bits per heavy atom. The van der Waals surface area contributed by atoms with Crippen molar-refractivity contribution in [3.63, 3.8) is 0 Å². The van der Waals surface area contributed by atoms with E-state index in [1.54, 1.807) is 31.4 Å². The summed E-state index contributed by atoms with van der Waals surface area (Å²) >= 11 is 11.6. The van der Waals surface area contributed by atoms with E-state index in [4.69, 9.17) is 32.5 Å². The first-order valence-electron chi connectivity index (χ1n) is 4.60. The van der Waals surface area contributed by atoms with Gasteiger partial charge in [-0.15, -0.1) is 11.6 Å². The van der Waals surface area contributed by atoms with Crippen molar-refractivity contribution in [3.05, 3.63) is 35.0 Å². The van der Waals surface area contributed by atoms with Gasteiger partial charge in [0.25, 0.3) is 0 Å². The number of benzene rings is 1. The maximum absolute atomic E-state index is 5.92. The smallest absolute Gasteiger partial charge is 0.170 e. The molecule has 0 unspecified atom stereocenters. The summed E-state index contributed by atoms with van der Waals surface area (Å²) in [4.78, 5) is 0. The SMILES string of the molecule is COc1ccc(Cl)cc1-c1cc(CCl)no1. The van der Waals surface area contributed by atoms with E-state index in [2.05, 4.69) is 5.16 Å². The Bertz CT molecular complexity index is 496. The maximum Gasteiger partial charge on any atom is 0.170 e. The van der Waals surface area contributed by atoms with Gasteiger partial charge in [-0.05, 0) is 18.2 Å². The molecule has 0 spiro atoms. The molecule has 1 aromatic carbocycles. The minimum Gasteiger partial charge on any atom is -0.496 e. The zero-order valence-corrected chi connectivity index (χ0v) is 10.0. The monoisotopic (exact) mass is 257 g/mol. The molecule has 0 aliphatic rings. The maximum atomic E-state index is 5.92. The largest absolute Gasteiger partial charge is 0.496 e. The summed E-state index contributed by atoms with van der Waals surface area (Å²) in [6.45, 7) is 0. The molecule has 84 valence electrons. The number of rotatable bonds is 3. The third-order valence-corrected chi connectivity index (χ3v) is 2.63. The van der Waals surface area contributed by atoms with E-state index in [0.29, 0.717) is 28.1 Å². The number of hydrogen-bond donors (Lipinski definition) is 0. The summed E-state index contributed by atoms with van der Waals surface area (Å²) in [6.07, 6.45) is 0. The first-order chi connectivity index (χ1) is 7.74. The quantitative estimate of drug-likeness (QED) is 0.786. The molecule has 0 radical (unpaired) electrons. The number of hydrogen-bond acceptors (Lipinski definition) is 3. The fraction of sp³-hybridized carbons (Fsp3) is 0.182. The predicted molar refractivity (Wildman–Crippen MR) is 63.1 cm³/mol. The molecule has 1 heterocycles. The Labute approximate surface area is 103 Å². The fourth-order valence-electron chi connectivity index (χ4n) is 1.37. The second-order valence-corrected chi connectivity index (χ2v) is 3.86. The van der Waals surface area contributed by atoms with Gasteiger partial charge in [-0.25, -0.2) is 0 Å². The second-order valence-electron chi connectivity index (χ2n) is 3.16. The number of ether oxygens (including phenoxy) is 1. The minimum absolute atomic E-state index is 0.312. The lowest BCUT2D eigenvalue weighted by Crippen LogP contribution is -1.86. The van der Waals surface area contributed by atoms with Crippen molar-refractivity contribution < 1.29 is 9.26 Å². The van der Waals surface area contributed by atoms with Gasteiger partial charge in [0.1, 0.15) is 5.75 Å². The predicted octanol–water partition coefficient (Wildman–Crippen LogP) is 3.74. The lowest BCUT2D eigenvalue weighted by atomic mass is 10.1. The van der Waals surface area contributed by atoms with Crippen LogP contribution in [0.3, 0.4) is 0 Å². The standard InChI is InChI=1S/C11H9Cl2NO2/c1-15-10-3-2-7(13)4-9(10)11-5-8(6-12)14-16-11/h2-5H,6H2,1H3. The fourth-order valence-corrected chi connectivity index (χ4v) is 1.67. The van der Waals surface area contributed by atoms with Crippen molar-refractivity contribution in [2.24, 2.45) is 0 Å². The molecule has 0 saturated carbocycles. The van der Waals surface area contributed by atoms with Crippen LogP contribution < -0.4 is 4.74 Å². The van der Waals surface area contributed by atoms with Crippen molar-refractivity contribution in [3.8, 4) is 17.1 Å². The second kappa shape index (κ2) is 4.76. The zero-order valence-electron chi connectivity index (χ0n) is 8.54. The van der Waals surface area contributed by atoms with Crippen LogP contribution in [0, 0.1) is 0 Å². The molecule has 0 atom stereocenters. The van der Waals surface area contributed by atoms with E-state index in [-0.39, 0.29) is 0 Å². The van der Waals surface area contributed by atoms with Gasteiger partial charge in [-0.3, -0.25) is 0 Å². The number of methoxy groups -OCH3 is 1. The third-order valence-electron chi connectivity index (χ3n) is 2.12. The Morgan fingerprint density at radius 3 is 2.81 bits per heavy atom. The number of aromatic nitrogens is 1. The lowest BCUT2D eigenvalue weighted by Gasteiger charge is -2.05. The van der Waals surface area contributed by atoms with Crippen LogP contribution >= 0.6 is 23.2 Å². The average Bonchev–Trinajstić information content (AvgIpc) is 2.77. The molecule has 2 rings (SSSR count). The van der Waals surface area contributed by atoms with Crippen LogP contribution in [0.4, 0.5) is 0 Å². The van der Waals surface area contributed by atoms with Crippen LogP contribution in [0.15, 0.2) is 28.8 Å². The number of nitrogens with zero attached hydrogens (tertiary/aromatic N) is 1. The molecule has 2 aromatic rings. The van der Waals surface area contributed by atoms with Crippen LogP contribution in [0.2, 0.25) is 5.02 Å². The van der Waals surface area contributed by atoms with Gasteiger partial charge in [-0.1, -0.05) is 16.8 Å². The van der Waals surface area contributed by atoms with Crippen molar-refractivity contribution in [2.45, 2.75) is 5.88 Å². The minimum atomic E-state index is 0.312. The highest BCUT2D eigenvalue weighted by molar-refractivity contribution is 6.30. The Morgan fingerprint density at radius 2 is 2.19 bits per heavy atom. The van der Waals surface area contributed by atoms with Crippen LogP contribution in [-0.4, -0.2) is 12.3 Å². The van der Waals surface area contributed by atoms with Crippen LogP contribution in [0.1, 0.15) is 5.69 Å². The summed E-state index contributed by atoms with van der Waals surface area (Å²) in [5.41, 5.74) is 1.44. The van der Waals surface area contributed by atoms with Crippen LogP contribution in [-0.2, 0) is 5.88 Å². The molecular formula is C11H9Cl2NO2. The highest BCUT2D eigenvalue weighted by Gasteiger charge is 2.12. The van der Waals surface area contributed by atoms with Crippen LogP contribution in [0.25, 0.3) is 11.3 Å². The Hall–Kier alpha value is -1.19. The van der Waals surface area contributed by atoms with Gasteiger partial charge in [0, 0.05) is 11.1 Å². The van der Waals surface area contributed by atoms with Gasteiger partial charge in [-0.2, -0.15) is 0 Å². The molecule has 0 fully saturated rings. The molecule has 0 amide bonds. The number of halogens is 2. The normalized spacial score (nSPS) is 10.4. The van der Waals surface area contributed by atoms with E-state index in [1.165, 1.54) is 0 Å². The van der Waals surface area contributed by atoms with Crippen molar-refractivity contribution >= 4 is 23.2 Å². The molecule has 0 aliphatic carbocycles. The Balaban J connectivity index is 2.49. The van der Waals surface area contributed by atoms with Gasteiger partial charge in [0.15, 0.2) is 5.76 Å². The van der Waals surface area contributed by atoms with Gasteiger partial charge >= 0.3 is 0 Å². The highest BCUT2D eigenvalue weighted by atomic mass is 35.5. The van der Waals surface area contributed by atoms with E-state index in [9.17, 15) is 0 Å². The molecule has 0 saturated heterocycles. The molecule has 0 bridgehead atoms. The van der Waals surface area contributed by atoms with Crippen molar-refractivity contribution in [1.29, 1.82) is 0 Å². The summed E-state index contributed by atoms with van der Waals surface area (Å²) in [5.74, 6) is 1.59. The molecule has 0 N–H and O–H groups in total. The summed E-state index contributed by atoms with van der Waals surface area (Å²) in [6, 6.07) is 7.06. The molecule has 5 heteroatoms. The van der Waals surface area contributed by atoms with E-state index >= 15 is 0 Å². The van der Waals surface area contributed by atoms with Gasteiger partial charge in [0.2, 0.25) is 0 Å². The third kappa shape index (κ3) is 2.15. The highest BCUT2D eigenvalue weighted by Crippen LogP contribution is 2.32. The van der Waals surface area contributed by atoms with Crippen molar-refractivity contribution in [1.82, 2.24) is 5.16 Å². The van der Waals surface area contributed by atoms with E-state index in [0.717, 1.165) is 5.56 Å². The first-order valence-corrected chi connectivity index (χ1v) is 5.51. The summed E-state index contributed by atoms with van der Waals surface area (Å²) in [7, 11) is 1.59. The van der Waals surface area contributed by atoms with Gasteiger partial charge in [0.05, 0.1) is 24.2 Å². The van der Waals surface area contributed by atoms with Crippen molar-refractivity contribution in [2.75, 3.05) is 7.11 Å². The molecular weight excluding hydrogens is 249 g/mol. The summed E-state index contributed by atoms with van der Waals surface area (Å²) in [5, 5.41) is 4.42. The topological polar surface area (TPSA) is 35.3 Å². The lowest BCUT2D eigenvalue weighted by molar-refractivity contribution is 0.404. The van der Waals surface area contributed by atoms with E-state index < -0.39 is 0 Å². The molecule has 0 aliphatic heterocycles. The van der Waals surface area contributed by atoms with Crippen LogP contribution in [0.5, 0.6) is 5.75 Å². The molecule has 3 nitrogen and oxygen atoms in total. The average molecular weight is 258 g/mol. The van der Waals surface area contributed by atoms with Gasteiger partial charge < -0.3 is 9.26 Å². The number of alkyl halides is 1. The Kier molecular flexibility index (Phi) is 3.36. The summed E-state index contributed by atoms with van der Waals surface area (Å²) < 4.78 is 10.4. The van der Waals surface area contributed by atoms with E-state index in [1.807, 2.05) is 0 Å².